The maximum Gasteiger partial charge on any atom is 0.144 e. The van der Waals surface area contributed by atoms with Crippen LogP contribution in [0.2, 0.25) is 0 Å². The summed E-state index contributed by atoms with van der Waals surface area (Å²) < 4.78 is 0. The smallest absolute Gasteiger partial charge is 0.144 e. The second kappa shape index (κ2) is 6.33. The topological polar surface area (TPSA) is 41.1 Å². The fraction of sp³-hybridized carbons (Fsp3) is 0.733. The first-order valence-electron chi connectivity index (χ1n) is 7.41. The van der Waals surface area contributed by atoms with E-state index in [0.29, 0.717) is 6.04 Å². The maximum absolute atomic E-state index is 4.63. The molecule has 0 saturated carbocycles. The van der Waals surface area contributed by atoms with E-state index in [4.69, 9.17) is 0 Å². The van der Waals surface area contributed by atoms with Crippen LogP contribution >= 0.6 is 0 Å². The van der Waals surface area contributed by atoms with Crippen molar-refractivity contribution >= 4 is 5.82 Å². The largest absolute Gasteiger partial charge is 0.370 e. The highest BCUT2D eigenvalue weighted by molar-refractivity contribution is 5.35. The van der Waals surface area contributed by atoms with Crippen LogP contribution in [-0.4, -0.2) is 34.0 Å². The number of nitrogens with zero attached hydrogens (tertiary/aromatic N) is 3. The van der Waals surface area contributed by atoms with Crippen LogP contribution in [0.3, 0.4) is 0 Å². The zero-order valence-corrected chi connectivity index (χ0v) is 12.6. The van der Waals surface area contributed by atoms with Gasteiger partial charge in [0.15, 0.2) is 0 Å². The monoisotopic (exact) mass is 262 g/mol. The molecule has 2 rings (SSSR count). The molecule has 106 valence electrons. The minimum Gasteiger partial charge on any atom is -0.370 e. The summed E-state index contributed by atoms with van der Waals surface area (Å²) in [5, 5.41) is 3.35. The van der Waals surface area contributed by atoms with Gasteiger partial charge in [-0.15, -0.1) is 0 Å². The standard InChI is InChI=1S/C15H26N4/c1-5-6-16-14-8-12(3)17-15(18-14)10-19-9-11(2)7-13(19)4/h8,11,13H,5-7,9-10H2,1-4H3,(H,16,17,18). The summed E-state index contributed by atoms with van der Waals surface area (Å²) >= 11 is 0. The van der Waals surface area contributed by atoms with Gasteiger partial charge in [0, 0.05) is 30.9 Å². The van der Waals surface area contributed by atoms with Gasteiger partial charge in [0.05, 0.1) is 6.54 Å². The Hall–Kier alpha value is -1.16. The Bertz CT molecular complexity index is 419. The van der Waals surface area contributed by atoms with Gasteiger partial charge >= 0.3 is 0 Å². The molecule has 1 aromatic heterocycles. The van der Waals surface area contributed by atoms with Gasteiger partial charge in [-0.25, -0.2) is 9.97 Å². The van der Waals surface area contributed by atoms with Crippen molar-refractivity contribution in [3.05, 3.63) is 17.6 Å². The van der Waals surface area contributed by atoms with Crippen LogP contribution in [0.4, 0.5) is 5.82 Å². The zero-order chi connectivity index (χ0) is 13.8. The predicted octanol–water partition coefficient (Wildman–Crippen LogP) is 2.84. The zero-order valence-electron chi connectivity index (χ0n) is 12.6. The summed E-state index contributed by atoms with van der Waals surface area (Å²) in [5.41, 5.74) is 1.04. The van der Waals surface area contributed by atoms with Crippen LogP contribution < -0.4 is 5.32 Å². The van der Waals surface area contributed by atoms with E-state index in [1.54, 1.807) is 0 Å². The molecule has 1 aromatic rings. The Kier molecular flexibility index (Phi) is 4.75. The van der Waals surface area contributed by atoms with E-state index in [0.717, 1.165) is 49.3 Å². The van der Waals surface area contributed by atoms with Gasteiger partial charge in [-0.2, -0.15) is 0 Å². The first kappa shape index (κ1) is 14.3. The van der Waals surface area contributed by atoms with Crippen LogP contribution in [0.1, 0.15) is 45.1 Å². The fourth-order valence-corrected chi connectivity index (χ4v) is 2.83. The van der Waals surface area contributed by atoms with Gasteiger partial charge in [0.2, 0.25) is 0 Å². The molecule has 2 heterocycles. The van der Waals surface area contributed by atoms with Crippen LogP contribution in [0, 0.1) is 12.8 Å². The number of rotatable bonds is 5. The molecular formula is C15H26N4. The normalized spacial score (nSPS) is 23.8. The lowest BCUT2D eigenvalue weighted by Crippen LogP contribution is -2.27. The number of aromatic nitrogens is 2. The summed E-state index contributed by atoms with van der Waals surface area (Å²) in [6, 6.07) is 2.67. The second-order valence-electron chi connectivity index (χ2n) is 5.86. The SMILES string of the molecule is CCCNc1cc(C)nc(CN2CC(C)CC2C)n1. The molecule has 1 aliphatic heterocycles. The van der Waals surface area contributed by atoms with Gasteiger partial charge < -0.3 is 5.32 Å². The third-order valence-electron chi connectivity index (χ3n) is 3.71. The fourth-order valence-electron chi connectivity index (χ4n) is 2.83. The maximum atomic E-state index is 4.63. The lowest BCUT2D eigenvalue weighted by molar-refractivity contribution is 0.250. The average Bonchev–Trinajstić information content (AvgIpc) is 2.64. The number of anilines is 1. The third-order valence-corrected chi connectivity index (χ3v) is 3.71. The van der Waals surface area contributed by atoms with Crippen molar-refractivity contribution in [2.24, 2.45) is 5.92 Å². The van der Waals surface area contributed by atoms with E-state index in [-0.39, 0.29) is 0 Å². The average molecular weight is 262 g/mol. The summed E-state index contributed by atoms with van der Waals surface area (Å²) in [7, 11) is 0. The highest BCUT2D eigenvalue weighted by Gasteiger charge is 2.26. The summed E-state index contributed by atoms with van der Waals surface area (Å²) in [6.07, 6.45) is 2.39. The van der Waals surface area contributed by atoms with Gasteiger partial charge in [-0.3, -0.25) is 4.90 Å². The summed E-state index contributed by atoms with van der Waals surface area (Å²) in [5.74, 6) is 2.70. The van der Waals surface area contributed by atoms with Crippen LogP contribution in [0.5, 0.6) is 0 Å². The van der Waals surface area contributed by atoms with Gasteiger partial charge in [-0.05, 0) is 32.6 Å². The molecule has 0 radical (unpaired) electrons. The Morgan fingerprint density at radius 1 is 1.37 bits per heavy atom. The molecule has 1 saturated heterocycles. The molecule has 0 bridgehead atoms. The summed E-state index contributed by atoms with van der Waals surface area (Å²) in [6.45, 7) is 11.8. The number of hydrogen-bond acceptors (Lipinski definition) is 4. The molecule has 1 aliphatic rings. The molecule has 2 unspecified atom stereocenters. The third kappa shape index (κ3) is 3.90. The second-order valence-corrected chi connectivity index (χ2v) is 5.86. The summed E-state index contributed by atoms with van der Waals surface area (Å²) in [4.78, 5) is 11.7. The van der Waals surface area contributed by atoms with Crippen LogP contribution in [0.25, 0.3) is 0 Å². The first-order valence-corrected chi connectivity index (χ1v) is 7.41. The number of likely N-dealkylation sites (tertiary alicyclic amines) is 1. The minimum atomic E-state index is 0.645. The van der Waals surface area contributed by atoms with E-state index in [2.05, 4.69) is 41.0 Å². The Balaban J connectivity index is 2.05. The molecule has 0 amide bonds. The molecule has 1 N–H and O–H groups in total. The van der Waals surface area contributed by atoms with Crippen molar-refractivity contribution < 1.29 is 0 Å². The first-order chi connectivity index (χ1) is 9.08. The van der Waals surface area contributed by atoms with E-state index in [1.807, 2.05) is 13.0 Å². The lowest BCUT2D eigenvalue weighted by Gasteiger charge is -2.20. The molecule has 1 fully saturated rings. The van der Waals surface area contributed by atoms with Crippen molar-refractivity contribution in [1.29, 1.82) is 0 Å². The van der Waals surface area contributed by atoms with E-state index < -0.39 is 0 Å². The van der Waals surface area contributed by atoms with Crippen molar-refractivity contribution in [2.75, 3.05) is 18.4 Å². The van der Waals surface area contributed by atoms with E-state index >= 15 is 0 Å². The van der Waals surface area contributed by atoms with E-state index in [9.17, 15) is 0 Å². The Morgan fingerprint density at radius 3 is 2.79 bits per heavy atom. The predicted molar refractivity (Wildman–Crippen MR) is 79.2 cm³/mol. The van der Waals surface area contributed by atoms with Crippen molar-refractivity contribution in [3.63, 3.8) is 0 Å². The van der Waals surface area contributed by atoms with Gasteiger partial charge in [-0.1, -0.05) is 13.8 Å². The molecule has 4 nitrogen and oxygen atoms in total. The minimum absolute atomic E-state index is 0.645. The van der Waals surface area contributed by atoms with Crippen molar-refractivity contribution in [1.82, 2.24) is 14.9 Å². The van der Waals surface area contributed by atoms with Crippen molar-refractivity contribution in [3.8, 4) is 0 Å². The number of nitrogens with one attached hydrogen (secondary N) is 1. The molecule has 0 aliphatic carbocycles. The van der Waals surface area contributed by atoms with Gasteiger partial charge in [0.1, 0.15) is 11.6 Å². The quantitative estimate of drug-likeness (QED) is 0.886. The molecular weight excluding hydrogens is 236 g/mol. The molecule has 19 heavy (non-hydrogen) atoms. The number of hydrogen-bond donors (Lipinski definition) is 1. The highest BCUT2D eigenvalue weighted by atomic mass is 15.2. The van der Waals surface area contributed by atoms with Crippen LogP contribution in [-0.2, 0) is 6.54 Å². The Morgan fingerprint density at radius 2 is 2.16 bits per heavy atom. The molecule has 4 heteroatoms. The molecule has 0 aromatic carbocycles. The lowest BCUT2D eigenvalue weighted by atomic mass is 10.1. The Labute approximate surface area is 116 Å². The van der Waals surface area contributed by atoms with E-state index in [1.165, 1.54) is 6.42 Å². The van der Waals surface area contributed by atoms with Crippen molar-refractivity contribution in [2.45, 2.75) is 53.1 Å². The number of aryl methyl sites for hydroxylation is 1. The molecule has 0 spiro atoms. The highest BCUT2D eigenvalue weighted by Crippen LogP contribution is 2.23. The molecule has 2 atom stereocenters. The van der Waals surface area contributed by atoms with Gasteiger partial charge in [0.25, 0.3) is 0 Å². The van der Waals surface area contributed by atoms with Crippen LogP contribution in [0.15, 0.2) is 6.07 Å².